The number of nitrogens with zero attached hydrogens (tertiary/aromatic N) is 2. The lowest BCUT2D eigenvalue weighted by molar-refractivity contribution is -0.117. The fraction of sp³-hybridized carbons (Fsp3) is 0.148. The van der Waals surface area contributed by atoms with E-state index >= 15 is 0 Å². The van der Waals surface area contributed by atoms with E-state index in [1.54, 1.807) is 24.7 Å². The van der Waals surface area contributed by atoms with Crippen molar-refractivity contribution in [2.24, 2.45) is 7.05 Å². The Morgan fingerprint density at radius 1 is 0.974 bits per heavy atom. The zero-order valence-electron chi connectivity index (χ0n) is 20.4. The van der Waals surface area contributed by atoms with Crippen LogP contribution in [0.1, 0.15) is 11.3 Å². The number of carbonyl (C=O) groups excluding carboxylic acids is 1. The molecule has 4 rings (SSSR count). The second kappa shape index (κ2) is 11.6. The van der Waals surface area contributed by atoms with E-state index in [1.807, 2.05) is 72.8 Å². The van der Waals surface area contributed by atoms with Gasteiger partial charge in [0.1, 0.15) is 11.9 Å². The maximum atomic E-state index is 13.1. The molecule has 3 N–H and O–H groups in total. The van der Waals surface area contributed by atoms with E-state index < -0.39 is 15.9 Å². The normalized spacial score (nSPS) is 12.4. The first-order valence-electron chi connectivity index (χ1n) is 11.5. The van der Waals surface area contributed by atoms with Gasteiger partial charge in [-0.2, -0.15) is 0 Å². The summed E-state index contributed by atoms with van der Waals surface area (Å²) in [7, 11) is 1.76. The Hall–Kier alpha value is -3.30. The molecule has 0 bridgehead atoms. The second-order valence-corrected chi connectivity index (χ2v) is 11.2. The van der Waals surface area contributed by atoms with E-state index in [2.05, 4.69) is 16.0 Å². The summed E-state index contributed by atoms with van der Waals surface area (Å²) < 4.78 is 1.26. The van der Waals surface area contributed by atoms with Gasteiger partial charge in [0.05, 0.1) is 11.4 Å². The average molecular weight is 589 g/mol. The Morgan fingerprint density at radius 3 is 2.32 bits per heavy atom. The largest absolute Gasteiger partial charge is 0.339 e. The summed E-state index contributed by atoms with van der Waals surface area (Å²) in [6.45, 7) is 1.78. The molecule has 3 aromatic carbocycles. The van der Waals surface area contributed by atoms with Crippen molar-refractivity contribution in [2.45, 2.75) is 16.9 Å². The number of para-hydroxylation sites is 1. The Labute approximate surface area is 240 Å². The number of nitrogens with one attached hydrogen (secondary N) is 3. The van der Waals surface area contributed by atoms with Crippen LogP contribution < -0.4 is 21.5 Å². The number of aromatic nitrogens is 2. The van der Waals surface area contributed by atoms with Gasteiger partial charge in [0.2, 0.25) is 9.70 Å². The number of alkyl halides is 3. The number of rotatable bonds is 6. The van der Waals surface area contributed by atoms with E-state index in [4.69, 9.17) is 47.0 Å². The van der Waals surface area contributed by atoms with Crippen LogP contribution in [0.4, 0.5) is 5.69 Å². The van der Waals surface area contributed by atoms with Gasteiger partial charge in [-0.25, -0.2) is 4.68 Å². The highest BCUT2D eigenvalue weighted by molar-refractivity contribution is 7.80. The van der Waals surface area contributed by atoms with Crippen LogP contribution in [0.2, 0.25) is 0 Å². The molecule has 196 valence electrons. The Bertz CT molecular complexity index is 1580. The van der Waals surface area contributed by atoms with Crippen molar-refractivity contribution in [3.8, 4) is 5.69 Å². The summed E-state index contributed by atoms with van der Waals surface area (Å²) in [6.07, 6.45) is 1.81. The second-order valence-electron chi connectivity index (χ2n) is 8.46. The van der Waals surface area contributed by atoms with Crippen LogP contribution in [0.5, 0.6) is 0 Å². The van der Waals surface area contributed by atoms with Gasteiger partial charge in [-0.1, -0.05) is 89.4 Å². The number of halogens is 3. The van der Waals surface area contributed by atoms with Crippen molar-refractivity contribution in [1.29, 1.82) is 0 Å². The Morgan fingerprint density at radius 2 is 1.63 bits per heavy atom. The topological polar surface area (TPSA) is 80.1 Å². The maximum Gasteiger partial charge on any atom is 0.295 e. The molecule has 0 aliphatic carbocycles. The fourth-order valence-corrected chi connectivity index (χ4v) is 4.41. The number of anilines is 1. The van der Waals surface area contributed by atoms with Crippen LogP contribution in [-0.2, 0) is 11.8 Å². The molecule has 7 nitrogen and oxygen atoms in total. The smallest absolute Gasteiger partial charge is 0.295 e. The monoisotopic (exact) mass is 587 g/mol. The lowest BCUT2D eigenvalue weighted by atomic mass is 10.1. The number of benzene rings is 3. The van der Waals surface area contributed by atoms with Crippen LogP contribution in [0.15, 0.2) is 83.7 Å². The third-order valence-corrected chi connectivity index (χ3v) is 6.76. The maximum absolute atomic E-state index is 13.1. The molecule has 0 aliphatic rings. The quantitative estimate of drug-likeness (QED) is 0.121. The van der Waals surface area contributed by atoms with Crippen molar-refractivity contribution in [1.82, 2.24) is 20.0 Å². The first-order valence-corrected chi connectivity index (χ1v) is 13.0. The van der Waals surface area contributed by atoms with Crippen molar-refractivity contribution in [3.05, 3.63) is 100 Å². The molecular formula is C27H24Cl3N5O2S. The molecule has 1 heterocycles. The van der Waals surface area contributed by atoms with E-state index in [-0.39, 0.29) is 16.4 Å². The van der Waals surface area contributed by atoms with Crippen LogP contribution in [0.3, 0.4) is 0 Å². The summed E-state index contributed by atoms with van der Waals surface area (Å²) in [5, 5.41) is 10.4. The molecule has 1 atom stereocenters. The summed E-state index contributed by atoms with van der Waals surface area (Å²) in [6, 6.07) is 22.9. The van der Waals surface area contributed by atoms with Gasteiger partial charge in [0.15, 0.2) is 5.11 Å². The van der Waals surface area contributed by atoms with Crippen molar-refractivity contribution in [2.75, 3.05) is 5.32 Å². The van der Waals surface area contributed by atoms with Crippen molar-refractivity contribution in [3.63, 3.8) is 0 Å². The highest BCUT2D eigenvalue weighted by Gasteiger charge is 2.34. The fourth-order valence-electron chi connectivity index (χ4n) is 3.87. The SMILES string of the molecule is Cc1c(NC(=S)NC(NC(=O)/C=C/c2ccc3ccccc3c2)C(Cl)(Cl)Cl)c(=O)n(-c2ccccc2)n1C. The lowest BCUT2D eigenvalue weighted by Crippen LogP contribution is -2.56. The first-order chi connectivity index (χ1) is 18.0. The van der Waals surface area contributed by atoms with Crippen LogP contribution >= 0.6 is 47.0 Å². The average Bonchev–Trinajstić information content (AvgIpc) is 3.09. The van der Waals surface area contributed by atoms with Crippen molar-refractivity contribution >= 4 is 80.6 Å². The number of thiocarbonyl (C=S) groups is 1. The van der Waals surface area contributed by atoms with Gasteiger partial charge in [0.25, 0.3) is 5.56 Å². The van der Waals surface area contributed by atoms with E-state index in [0.29, 0.717) is 11.4 Å². The number of carbonyl (C=O) groups is 1. The molecule has 0 aliphatic heterocycles. The van der Waals surface area contributed by atoms with Gasteiger partial charge >= 0.3 is 0 Å². The molecule has 11 heteroatoms. The van der Waals surface area contributed by atoms with Gasteiger partial charge in [-0.05, 0) is 59.8 Å². The minimum Gasteiger partial charge on any atom is -0.339 e. The van der Waals surface area contributed by atoms with Gasteiger partial charge in [0, 0.05) is 13.1 Å². The zero-order chi connectivity index (χ0) is 27.4. The number of hydrogen-bond donors (Lipinski definition) is 3. The minimum atomic E-state index is -1.95. The molecule has 0 saturated heterocycles. The van der Waals surface area contributed by atoms with E-state index in [9.17, 15) is 9.59 Å². The van der Waals surface area contributed by atoms with Crippen LogP contribution in [-0.4, -0.2) is 30.3 Å². The zero-order valence-corrected chi connectivity index (χ0v) is 23.5. The molecule has 1 aromatic heterocycles. The molecule has 38 heavy (non-hydrogen) atoms. The van der Waals surface area contributed by atoms with Gasteiger partial charge in [-0.15, -0.1) is 0 Å². The predicted octanol–water partition coefficient (Wildman–Crippen LogP) is 5.45. The number of amides is 1. The first kappa shape index (κ1) is 27.7. The summed E-state index contributed by atoms with van der Waals surface area (Å²) in [5.41, 5.74) is 2.10. The number of hydrogen-bond acceptors (Lipinski definition) is 3. The molecule has 1 unspecified atom stereocenters. The van der Waals surface area contributed by atoms with Crippen LogP contribution in [0.25, 0.3) is 22.5 Å². The number of fused-ring (bicyclic) bond motifs is 1. The Kier molecular flexibility index (Phi) is 8.47. The predicted molar refractivity (Wildman–Crippen MR) is 160 cm³/mol. The molecule has 0 saturated carbocycles. The van der Waals surface area contributed by atoms with E-state index in [0.717, 1.165) is 16.3 Å². The third-order valence-electron chi connectivity index (χ3n) is 5.88. The molecule has 1 amide bonds. The lowest BCUT2D eigenvalue weighted by Gasteiger charge is -2.27. The molecule has 0 fully saturated rings. The molecule has 0 radical (unpaired) electrons. The highest BCUT2D eigenvalue weighted by Crippen LogP contribution is 2.29. The molecular weight excluding hydrogens is 565 g/mol. The summed E-state index contributed by atoms with van der Waals surface area (Å²) in [5.74, 6) is -0.507. The highest BCUT2D eigenvalue weighted by atomic mass is 35.6. The van der Waals surface area contributed by atoms with Gasteiger partial charge < -0.3 is 16.0 Å². The molecule has 0 spiro atoms. The van der Waals surface area contributed by atoms with Gasteiger partial charge in [-0.3, -0.25) is 14.3 Å². The Balaban J connectivity index is 1.46. The van der Waals surface area contributed by atoms with Crippen LogP contribution in [0, 0.1) is 6.92 Å². The van der Waals surface area contributed by atoms with Crippen molar-refractivity contribution < 1.29 is 4.79 Å². The minimum absolute atomic E-state index is 0.00820. The standard InChI is InChI=1S/C27H24Cl3N5O2S/c1-17-23(24(37)35(34(17)2)21-10-4-3-5-11-21)32-26(38)33-25(27(28,29)30)31-22(36)15-13-18-12-14-19-8-6-7-9-20(19)16-18/h3-16,25H,1-2H3,(H,31,36)(H2,32,33,38)/b15-13+. The summed E-state index contributed by atoms with van der Waals surface area (Å²) in [4.78, 5) is 25.8. The third kappa shape index (κ3) is 6.39. The molecule has 4 aromatic rings. The summed E-state index contributed by atoms with van der Waals surface area (Å²) >= 11 is 23.7. The van der Waals surface area contributed by atoms with E-state index in [1.165, 1.54) is 10.8 Å².